The van der Waals surface area contributed by atoms with Crippen LogP contribution in [0, 0.1) is 0 Å². The maximum absolute atomic E-state index is 12.3. The highest BCUT2D eigenvalue weighted by atomic mass is 32.2. The van der Waals surface area contributed by atoms with Crippen LogP contribution < -0.4 is 9.47 Å². The zero-order valence-electron chi connectivity index (χ0n) is 10.8. The molecule has 0 spiro atoms. The lowest BCUT2D eigenvalue weighted by Gasteiger charge is -2.18. The minimum atomic E-state index is -4.84. The predicted molar refractivity (Wildman–Crippen MR) is 67.7 cm³/mol. The van der Waals surface area contributed by atoms with E-state index in [1.807, 2.05) is 0 Å². The molecule has 1 atom stereocenters. The molecule has 4 nitrogen and oxygen atoms in total. The van der Waals surface area contributed by atoms with E-state index in [1.165, 1.54) is 25.3 Å². The van der Waals surface area contributed by atoms with Crippen LogP contribution in [0.3, 0.4) is 0 Å². The third-order valence-electron chi connectivity index (χ3n) is 2.02. The largest absolute Gasteiger partial charge is 0.573 e. The molecule has 8 heteroatoms. The average molecular weight is 310 g/mol. The number of methoxy groups -OCH3 is 1. The number of para-hydroxylation sites is 2. The van der Waals surface area contributed by atoms with E-state index in [-0.39, 0.29) is 5.75 Å². The molecule has 20 heavy (non-hydrogen) atoms. The zero-order valence-corrected chi connectivity index (χ0v) is 11.6. The van der Waals surface area contributed by atoms with Crippen LogP contribution in [-0.4, -0.2) is 30.6 Å². The summed E-state index contributed by atoms with van der Waals surface area (Å²) in [5.41, 5.74) is -1.05. The SMILES string of the molecule is CCSC(Oc1ccccc1OC(F)(F)F)C(=O)OC. The van der Waals surface area contributed by atoms with E-state index in [9.17, 15) is 18.0 Å². The highest BCUT2D eigenvalue weighted by Crippen LogP contribution is 2.33. The number of carbonyl (C=O) groups excluding carboxylic acids is 1. The van der Waals surface area contributed by atoms with Crippen molar-refractivity contribution in [1.29, 1.82) is 0 Å². The molecule has 0 saturated carbocycles. The van der Waals surface area contributed by atoms with E-state index in [4.69, 9.17) is 4.74 Å². The second-order valence-electron chi connectivity index (χ2n) is 3.42. The summed E-state index contributed by atoms with van der Waals surface area (Å²) in [5, 5.41) is 0. The summed E-state index contributed by atoms with van der Waals surface area (Å²) in [4.78, 5) is 11.5. The van der Waals surface area contributed by atoms with Crippen molar-refractivity contribution >= 4 is 17.7 Å². The van der Waals surface area contributed by atoms with E-state index in [1.54, 1.807) is 6.92 Å². The number of esters is 1. The second-order valence-corrected chi connectivity index (χ2v) is 4.76. The van der Waals surface area contributed by atoms with Crippen LogP contribution in [0.1, 0.15) is 6.92 Å². The van der Waals surface area contributed by atoms with Crippen molar-refractivity contribution in [2.45, 2.75) is 18.7 Å². The number of hydrogen-bond donors (Lipinski definition) is 0. The van der Waals surface area contributed by atoms with Crippen LogP contribution in [-0.2, 0) is 9.53 Å². The molecule has 0 radical (unpaired) electrons. The van der Waals surface area contributed by atoms with Gasteiger partial charge in [0.05, 0.1) is 7.11 Å². The highest BCUT2D eigenvalue weighted by molar-refractivity contribution is 8.00. The number of halogens is 3. The van der Waals surface area contributed by atoms with Crippen LogP contribution in [0.5, 0.6) is 11.5 Å². The van der Waals surface area contributed by atoms with Gasteiger partial charge in [-0.05, 0) is 17.9 Å². The number of alkyl halides is 3. The van der Waals surface area contributed by atoms with E-state index in [0.717, 1.165) is 17.8 Å². The van der Waals surface area contributed by atoms with Crippen LogP contribution in [0.15, 0.2) is 24.3 Å². The van der Waals surface area contributed by atoms with Gasteiger partial charge in [0.25, 0.3) is 0 Å². The Kier molecular flexibility index (Phi) is 6.00. The second kappa shape index (κ2) is 7.28. The summed E-state index contributed by atoms with van der Waals surface area (Å²) in [7, 11) is 1.17. The molecule has 112 valence electrons. The highest BCUT2D eigenvalue weighted by Gasteiger charge is 2.33. The summed E-state index contributed by atoms with van der Waals surface area (Å²) in [6.07, 6.45) is -4.84. The molecular weight excluding hydrogens is 297 g/mol. The molecule has 0 amide bonds. The summed E-state index contributed by atoms with van der Waals surface area (Å²) >= 11 is 1.10. The molecule has 0 aliphatic carbocycles. The van der Waals surface area contributed by atoms with Crippen LogP contribution in [0.2, 0.25) is 0 Å². The Morgan fingerprint density at radius 3 is 2.40 bits per heavy atom. The molecule has 1 rings (SSSR count). The normalized spacial score (nSPS) is 12.7. The Balaban J connectivity index is 2.92. The molecule has 0 fully saturated rings. The van der Waals surface area contributed by atoms with Gasteiger partial charge in [-0.1, -0.05) is 19.1 Å². The minimum Gasteiger partial charge on any atom is -0.466 e. The fourth-order valence-corrected chi connectivity index (χ4v) is 1.98. The Morgan fingerprint density at radius 2 is 1.90 bits per heavy atom. The number of thioether (sulfide) groups is 1. The Morgan fingerprint density at radius 1 is 1.30 bits per heavy atom. The van der Waals surface area contributed by atoms with Gasteiger partial charge in [-0.25, -0.2) is 4.79 Å². The summed E-state index contributed by atoms with van der Waals surface area (Å²) in [6.45, 7) is 1.78. The van der Waals surface area contributed by atoms with Crippen molar-refractivity contribution in [3.8, 4) is 11.5 Å². The molecule has 0 aromatic heterocycles. The van der Waals surface area contributed by atoms with E-state index >= 15 is 0 Å². The average Bonchev–Trinajstić information content (AvgIpc) is 2.37. The Bertz CT molecular complexity index is 451. The van der Waals surface area contributed by atoms with Gasteiger partial charge >= 0.3 is 12.3 Å². The fourth-order valence-electron chi connectivity index (χ4n) is 1.27. The van der Waals surface area contributed by atoms with Crippen LogP contribution >= 0.6 is 11.8 Å². The topological polar surface area (TPSA) is 44.8 Å². The van der Waals surface area contributed by atoms with Gasteiger partial charge in [0, 0.05) is 0 Å². The molecule has 0 aliphatic rings. The number of benzene rings is 1. The molecule has 1 unspecified atom stereocenters. The van der Waals surface area contributed by atoms with Crippen LogP contribution in [0.4, 0.5) is 13.2 Å². The lowest BCUT2D eigenvalue weighted by atomic mass is 10.3. The minimum absolute atomic E-state index is 0.179. The standard InChI is InChI=1S/C12H13F3O4S/c1-3-20-11(10(16)17-2)18-8-6-4-5-7-9(8)19-12(13,14)15/h4-7,11H,3H2,1-2H3. The number of ether oxygens (including phenoxy) is 3. The van der Waals surface area contributed by atoms with Gasteiger partial charge < -0.3 is 14.2 Å². The van der Waals surface area contributed by atoms with E-state index < -0.39 is 23.5 Å². The first-order valence-corrected chi connectivity index (χ1v) is 6.63. The molecular formula is C12H13F3O4S. The first-order valence-electron chi connectivity index (χ1n) is 5.58. The van der Waals surface area contributed by atoms with Gasteiger partial charge in [-0.3, -0.25) is 0 Å². The Hall–Kier alpha value is -1.57. The van der Waals surface area contributed by atoms with Gasteiger partial charge in [-0.2, -0.15) is 0 Å². The van der Waals surface area contributed by atoms with Crippen molar-refractivity contribution in [2.75, 3.05) is 12.9 Å². The third kappa shape index (κ3) is 5.20. The van der Waals surface area contributed by atoms with E-state index in [2.05, 4.69) is 9.47 Å². The van der Waals surface area contributed by atoms with Crippen molar-refractivity contribution in [2.24, 2.45) is 0 Å². The molecule has 0 aliphatic heterocycles. The smallest absolute Gasteiger partial charge is 0.466 e. The first-order chi connectivity index (χ1) is 9.37. The molecule has 0 saturated heterocycles. The number of hydrogen-bond acceptors (Lipinski definition) is 5. The van der Waals surface area contributed by atoms with E-state index in [0.29, 0.717) is 5.75 Å². The third-order valence-corrected chi connectivity index (χ3v) is 2.95. The van der Waals surface area contributed by atoms with Crippen molar-refractivity contribution in [3.05, 3.63) is 24.3 Å². The first kappa shape index (κ1) is 16.5. The molecule has 0 N–H and O–H groups in total. The molecule has 1 aromatic carbocycles. The lowest BCUT2D eigenvalue weighted by Crippen LogP contribution is -2.26. The van der Waals surface area contributed by atoms with Crippen molar-refractivity contribution in [1.82, 2.24) is 0 Å². The molecule has 1 aromatic rings. The van der Waals surface area contributed by atoms with Crippen molar-refractivity contribution < 1.29 is 32.2 Å². The Labute approximate surface area is 118 Å². The molecule has 0 bridgehead atoms. The van der Waals surface area contributed by atoms with Gasteiger partial charge in [0.2, 0.25) is 5.44 Å². The maximum Gasteiger partial charge on any atom is 0.573 e. The quantitative estimate of drug-likeness (QED) is 0.596. The summed E-state index contributed by atoms with van der Waals surface area (Å²) in [5.74, 6) is -0.840. The van der Waals surface area contributed by atoms with Gasteiger partial charge in [0.1, 0.15) is 0 Å². The van der Waals surface area contributed by atoms with Crippen LogP contribution in [0.25, 0.3) is 0 Å². The predicted octanol–water partition coefficient (Wildman–Crippen LogP) is 3.22. The monoisotopic (exact) mass is 310 g/mol. The number of carbonyl (C=O) groups is 1. The van der Waals surface area contributed by atoms with Gasteiger partial charge in [0.15, 0.2) is 11.5 Å². The van der Waals surface area contributed by atoms with Crippen molar-refractivity contribution in [3.63, 3.8) is 0 Å². The fraction of sp³-hybridized carbons (Fsp3) is 0.417. The maximum atomic E-state index is 12.3. The number of rotatable bonds is 6. The molecule has 0 heterocycles. The lowest BCUT2D eigenvalue weighted by molar-refractivity contribution is -0.275. The zero-order chi connectivity index (χ0) is 15.2. The summed E-state index contributed by atoms with van der Waals surface area (Å²) in [6, 6.07) is 5.23. The summed E-state index contributed by atoms with van der Waals surface area (Å²) < 4.78 is 50.4. The van der Waals surface area contributed by atoms with Gasteiger partial charge in [-0.15, -0.1) is 24.9 Å².